The molecule has 1 N–H and O–H groups in total. The molecule has 1 aromatic heterocycles. The van der Waals surface area contributed by atoms with Crippen LogP contribution in [0.2, 0.25) is 0 Å². The summed E-state index contributed by atoms with van der Waals surface area (Å²) in [5.74, 6) is 1.54. The lowest BCUT2D eigenvalue weighted by atomic mass is 9.92. The van der Waals surface area contributed by atoms with Crippen molar-refractivity contribution in [1.82, 2.24) is 14.8 Å². The van der Waals surface area contributed by atoms with Gasteiger partial charge in [-0.05, 0) is 54.9 Å². The summed E-state index contributed by atoms with van der Waals surface area (Å²) in [5, 5.41) is 1.33. The van der Waals surface area contributed by atoms with Crippen molar-refractivity contribution in [3.05, 3.63) is 71.6 Å². The first-order valence-electron chi connectivity index (χ1n) is 11.8. The van der Waals surface area contributed by atoms with Gasteiger partial charge in [0, 0.05) is 42.8 Å². The maximum atomic E-state index is 6.11. The molecule has 2 aliphatic rings. The summed E-state index contributed by atoms with van der Waals surface area (Å²) in [6, 6.07) is 13.0. The molecule has 6 nitrogen and oxygen atoms in total. The van der Waals surface area contributed by atoms with Gasteiger partial charge in [0.2, 0.25) is 0 Å². The van der Waals surface area contributed by atoms with Crippen molar-refractivity contribution in [2.45, 2.75) is 19.4 Å². The van der Waals surface area contributed by atoms with Gasteiger partial charge in [-0.2, -0.15) is 0 Å². The summed E-state index contributed by atoms with van der Waals surface area (Å²) in [6.45, 7) is 12.2. The molecule has 174 valence electrons. The molecule has 0 bridgehead atoms. The van der Waals surface area contributed by atoms with E-state index in [9.17, 15) is 0 Å². The Morgan fingerprint density at radius 3 is 2.76 bits per heavy atom. The predicted molar refractivity (Wildman–Crippen MR) is 131 cm³/mol. The fourth-order valence-corrected chi connectivity index (χ4v) is 5.06. The molecule has 33 heavy (non-hydrogen) atoms. The minimum Gasteiger partial charge on any atom is -0.493 e. The Kier molecular flexibility index (Phi) is 6.29. The monoisotopic (exact) mass is 447 g/mol. The van der Waals surface area contributed by atoms with Gasteiger partial charge in [-0.3, -0.25) is 4.90 Å². The second kappa shape index (κ2) is 9.49. The molecule has 3 heterocycles. The molecule has 3 aromatic rings. The highest BCUT2D eigenvalue weighted by Gasteiger charge is 2.30. The molecule has 2 aromatic carbocycles. The molecule has 1 saturated heterocycles. The highest BCUT2D eigenvalue weighted by molar-refractivity contribution is 5.86. The zero-order valence-electron chi connectivity index (χ0n) is 19.6. The molecule has 0 radical (unpaired) electrons. The quantitative estimate of drug-likeness (QED) is 0.586. The SMILES string of the molecule is C=CN1CCc2c([nH]c3ccc(C)cc23)C1c1ccc(OCCN2CCOCC2)c(OC)c1. The fraction of sp³-hybridized carbons (Fsp3) is 0.407. The summed E-state index contributed by atoms with van der Waals surface area (Å²) in [5.41, 5.74) is 6.28. The van der Waals surface area contributed by atoms with Crippen molar-refractivity contribution in [3.63, 3.8) is 0 Å². The van der Waals surface area contributed by atoms with Gasteiger partial charge >= 0.3 is 0 Å². The lowest BCUT2D eigenvalue weighted by Crippen LogP contribution is -2.38. The van der Waals surface area contributed by atoms with Crippen molar-refractivity contribution >= 4 is 10.9 Å². The number of ether oxygens (including phenoxy) is 3. The Hall–Kier alpha value is -2.96. The smallest absolute Gasteiger partial charge is 0.161 e. The molecule has 5 rings (SSSR count). The zero-order valence-corrected chi connectivity index (χ0v) is 19.6. The van der Waals surface area contributed by atoms with Crippen LogP contribution in [0, 0.1) is 6.92 Å². The number of morpholine rings is 1. The van der Waals surface area contributed by atoms with Crippen molar-refractivity contribution in [3.8, 4) is 11.5 Å². The van der Waals surface area contributed by atoms with Crippen molar-refractivity contribution in [2.75, 3.05) is 53.1 Å². The third kappa shape index (κ3) is 4.33. The molecule has 0 saturated carbocycles. The Balaban J connectivity index is 1.42. The summed E-state index contributed by atoms with van der Waals surface area (Å²) in [6.07, 6.45) is 2.95. The number of benzene rings is 2. The maximum absolute atomic E-state index is 6.11. The Labute approximate surface area is 195 Å². The zero-order chi connectivity index (χ0) is 22.8. The Bertz CT molecular complexity index is 1130. The van der Waals surface area contributed by atoms with Crippen LogP contribution in [0.1, 0.15) is 28.4 Å². The number of rotatable bonds is 7. The third-order valence-electron chi connectivity index (χ3n) is 6.83. The van der Waals surface area contributed by atoms with Gasteiger partial charge in [-0.25, -0.2) is 0 Å². The van der Waals surface area contributed by atoms with Crippen molar-refractivity contribution in [1.29, 1.82) is 0 Å². The number of nitrogens with one attached hydrogen (secondary N) is 1. The molecule has 0 amide bonds. The second-order valence-corrected chi connectivity index (χ2v) is 8.85. The van der Waals surface area contributed by atoms with Crippen LogP contribution < -0.4 is 9.47 Å². The number of aryl methyl sites for hydroxylation is 1. The van der Waals surface area contributed by atoms with E-state index in [0.717, 1.165) is 62.9 Å². The molecule has 1 atom stereocenters. The standard InChI is InChI=1S/C27H33N3O3/c1-4-30-10-9-21-22-17-19(2)5-7-23(22)28-26(21)27(30)20-6-8-24(25(18-20)31-3)33-16-13-29-11-14-32-15-12-29/h4-8,17-18,27-28H,1,9-16H2,2-3H3. The summed E-state index contributed by atoms with van der Waals surface area (Å²) < 4.78 is 17.3. The van der Waals surface area contributed by atoms with Crippen LogP contribution in [0.5, 0.6) is 11.5 Å². The maximum Gasteiger partial charge on any atom is 0.161 e. The van der Waals surface area contributed by atoms with E-state index in [1.165, 1.54) is 27.7 Å². The Morgan fingerprint density at radius 1 is 1.12 bits per heavy atom. The normalized spacial score (nSPS) is 18.8. The van der Waals surface area contributed by atoms with Gasteiger partial charge in [0.15, 0.2) is 11.5 Å². The average molecular weight is 448 g/mol. The van der Waals surface area contributed by atoms with Gasteiger partial charge < -0.3 is 24.1 Å². The van der Waals surface area contributed by atoms with E-state index in [0.29, 0.717) is 6.61 Å². The first kappa shape index (κ1) is 21.9. The summed E-state index contributed by atoms with van der Waals surface area (Å²) in [4.78, 5) is 8.37. The molecule has 2 aliphatic heterocycles. The van der Waals surface area contributed by atoms with E-state index >= 15 is 0 Å². The van der Waals surface area contributed by atoms with Gasteiger partial charge in [0.25, 0.3) is 0 Å². The number of aromatic amines is 1. The molecular formula is C27H33N3O3. The molecule has 6 heteroatoms. The lowest BCUT2D eigenvalue weighted by molar-refractivity contribution is 0.0321. The fourth-order valence-electron chi connectivity index (χ4n) is 5.06. The van der Waals surface area contributed by atoms with E-state index in [1.807, 2.05) is 12.3 Å². The Morgan fingerprint density at radius 2 is 1.97 bits per heavy atom. The van der Waals surface area contributed by atoms with Crippen LogP contribution >= 0.6 is 0 Å². The molecular weight excluding hydrogens is 414 g/mol. The highest BCUT2D eigenvalue weighted by atomic mass is 16.5. The molecule has 1 unspecified atom stereocenters. The highest BCUT2D eigenvalue weighted by Crippen LogP contribution is 2.41. The van der Waals surface area contributed by atoms with Gasteiger partial charge in [0.1, 0.15) is 6.61 Å². The van der Waals surface area contributed by atoms with Gasteiger partial charge in [-0.15, -0.1) is 0 Å². The van der Waals surface area contributed by atoms with Crippen LogP contribution in [0.25, 0.3) is 10.9 Å². The topological polar surface area (TPSA) is 50.0 Å². The molecule has 0 spiro atoms. The number of fused-ring (bicyclic) bond motifs is 3. The van der Waals surface area contributed by atoms with E-state index in [-0.39, 0.29) is 6.04 Å². The third-order valence-corrected chi connectivity index (χ3v) is 6.83. The minimum absolute atomic E-state index is 0.0651. The van der Waals surface area contributed by atoms with Crippen molar-refractivity contribution < 1.29 is 14.2 Å². The number of H-pyrrole nitrogens is 1. The number of hydrogen-bond acceptors (Lipinski definition) is 5. The van der Waals surface area contributed by atoms with E-state index in [1.54, 1.807) is 7.11 Å². The summed E-state index contributed by atoms with van der Waals surface area (Å²) in [7, 11) is 1.71. The average Bonchev–Trinajstić information content (AvgIpc) is 3.22. The minimum atomic E-state index is 0.0651. The second-order valence-electron chi connectivity index (χ2n) is 8.85. The molecule has 0 aliphatic carbocycles. The van der Waals surface area contributed by atoms with Gasteiger partial charge in [-0.1, -0.05) is 24.3 Å². The van der Waals surface area contributed by atoms with Crippen LogP contribution in [-0.4, -0.2) is 67.9 Å². The van der Waals surface area contributed by atoms with Crippen LogP contribution in [0.4, 0.5) is 0 Å². The number of nitrogens with zero attached hydrogens (tertiary/aromatic N) is 2. The van der Waals surface area contributed by atoms with E-state index in [4.69, 9.17) is 14.2 Å². The number of hydrogen-bond donors (Lipinski definition) is 1. The van der Waals surface area contributed by atoms with Gasteiger partial charge in [0.05, 0.1) is 26.4 Å². The molecule has 1 fully saturated rings. The van der Waals surface area contributed by atoms with Crippen LogP contribution in [0.15, 0.2) is 49.2 Å². The van der Waals surface area contributed by atoms with E-state index < -0.39 is 0 Å². The largest absolute Gasteiger partial charge is 0.493 e. The summed E-state index contributed by atoms with van der Waals surface area (Å²) >= 11 is 0. The van der Waals surface area contributed by atoms with E-state index in [2.05, 4.69) is 58.6 Å². The van der Waals surface area contributed by atoms with Crippen LogP contribution in [-0.2, 0) is 11.2 Å². The number of aromatic nitrogens is 1. The first-order valence-corrected chi connectivity index (χ1v) is 11.8. The predicted octanol–water partition coefficient (Wildman–Crippen LogP) is 4.29. The first-order chi connectivity index (χ1) is 16.2. The van der Waals surface area contributed by atoms with Crippen LogP contribution in [0.3, 0.4) is 0 Å². The lowest BCUT2D eigenvalue weighted by Gasteiger charge is -2.35. The van der Waals surface area contributed by atoms with Crippen molar-refractivity contribution in [2.24, 2.45) is 0 Å². The number of methoxy groups -OCH3 is 1.